The minimum absolute atomic E-state index is 0. The van der Waals surface area contributed by atoms with E-state index in [-0.39, 0.29) is 12.7 Å². The van der Waals surface area contributed by atoms with Crippen molar-refractivity contribution in [3.05, 3.63) is 0 Å². The Bertz CT molecular complexity index is 155. The number of carbonyl (C=O) groups excluding carboxylic acids is 1. The van der Waals surface area contributed by atoms with Crippen LogP contribution >= 0.6 is 0 Å². The van der Waals surface area contributed by atoms with Gasteiger partial charge >= 0.3 is 0 Å². The first-order chi connectivity index (χ1) is 5.40. The molecule has 0 spiro atoms. The monoisotopic (exact) mass is 173 g/mol. The molecule has 0 aliphatic rings. The number of rotatable bonds is 4. The van der Waals surface area contributed by atoms with Gasteiger partial charge in [0, 0.05) is 14.9 Å². The minimum Gasteiger partial charge on any atom is -0.359 e. The van der Waals surface area contributed by atoms with E-state index in [1.165, 1.54) is 0 Å². The fourth-order valence-corrected chi connectivity index (χ4v) is 0.849. The first-order valence-electron chi connectivity index (χ1n) is 4.60. The molecule has 0 aliphatic carbocycles. The van der Waals surface area contributed by atoms with Crippen molar-refractivity contribution in [2.45, 2.75) is 40.5 Å². The average molecular weight is 173 g/mol. The van der Waals surface area contributed by atoms with Crippen molar-refractivity contribution < 1.29 is 6.22 Å². The second-order valence-corrected chi connectivity index (χ2v) is 4.32. The number of amides is 1. The maximum Gasteiger partial charge on any atom is 0.219 e. The first kappa shape index (κ1) is 11.5. The predicted octanol–water partition coefficient (Wildman–Crippen LogP) is 2.44. The van der Waals surface area contributed by atoms with E-state index in [1.807, 2.05) is 0 Å². The second kappa shape index (κ2) is 4.48. The van der Waals surface area contributed by atoms with Crippen LogP contribution in [0.2, 0.25) is 0 Å². The first-order valence-corrected chi connectivity index (χ1v) is 4.60. The van der Waals surface area contributed by atoms with E-state index in [9.17, 15) is 4.79 Å². The van der Waals surface area contributed by atoms with Gasteiger partial charge in [0.15, 0.2) is 0 Å². The van der Waals surface area contributed by atoms with Crippen LogP contribution in [0.4, 0.5) is 0 Å². The Morgan fingerprint density at radius 1 is 1.50 bits per heavy atom. The van der Waals surface area contributed by atoms with Gasteiger partial charge in [0.1, 0.15) is 0 Å². The maximum atomic E-state index is 11.0. The van der Waals surface area contributed by atoms with Gasteiger partial charge in [-0.2, -0.15) is 0 Å². The minimum atomic E-state index is 0. The zero-order valence-corrected chi connectivity index (χ0v) is 8.90. The molecule has 0 aromatic carbocycles. The largest absolute Gasteiger partial charge is 0.359 e. The standard InChI is InChI=1S/C10H21NO.H2/c1-8(2)10(3,4)7-6-9(12)11-5;/h8H,6-7H2,1-5H3,(H,11,12);1H. The summed E-state index contributed by atoms with van der Waals surface area (Å²) in [5, 5.41) is 2.64. The van der Waals surface area contributed by atoms with E-state index in [1.54, 1.807) is 7.05 Å². The summed E-state index contributed by atoms with van der Waals surface area (Å²) in [5.74, 6) is 0.769. The number of carbonyl (C=O) groups is 1. The summed E-state index contributed by atoms with van der Waals surface area (Å²) in [6, 6.07) is 0. The Balaban J connectivity index is 0. The number of hydrogen-bond acceptors (Lipinski definition) is 1. The van der Waals surface area contributed by atoms with E-state index >= 15 is 0 Å². The highest BCUT2D eigenvalue weighted by Gasteiger charge is 2.22. The normalized spacial score (nSPS) is 11.8. The molecule has 0 rings (SSSR count). The molecule has 2 nitrogen and oxygen atoms in total. The summed E-state index contributed by atoms with van der Waals surface area (Å²) >= 11 is 0. The molecule has 0 aliphatic heterocycles. The van der Waals surface area contributed by atoms with Crippen LogP contribution in [0, 0.1) is 11.3 Å². The lowest BCUT2D eigenvalue weighted by molar-refractivity contribution is -0.121. The maximum absolute atomic E-state index is 11.0. The average Bonchev–Trinajstić information content (AvgIpc) is 2.00. The van der Waals surface area contributed by atoms with Gasteiger partial charge in [-0.3, -0.25) is 4.79 Å². The van der Waals surface area contributed by atoms with Crippen molar-refractivity contribution >= 4 is 5.91 Å². The second-order valence-electron chi connectivity index (χ2n) is 4.32. The molecule has 74 valence electrons. The van der Waals surface area contributed by atoms with Crippen molar-refractivity contribution in [3.63, 3.8) is 0 Å². The van der Waals surface area contributed by atoms with Crippen molar-refractivity contribution in [1.29, 1.82) is 0 Å². The summed E-state index contributed by atoms with van der Waals surface area (Å²) < 4.78 is 0. The molecule has 1 amide bonds. The van der Waals surface area contributed by atoms with Crippen LogP contribution in [0.3, 0.4) is 0 Å². The lowest BCUT2D eigenvalue weighted by Gasteiger charge is -2.28. The van der Waals surface area contributed by atoms with Crippen molar-refractivity contribution in [1.82, 2.24) is 5.32 Å². The van der Waals surface area contributed by atoms with Gasteiger partial charge in [-0.15, -0.1) is 0 Å². The van der Waals surface area contributed by atoms with Gasteiger partial charge in [-0.25, -0.2) is 0 Å². The fraction of sp³-hybridized carbons (Fsp3) is 0.900. The third-order valence-corrected chi connectivity index (χ3v) is 2.84. The van der Waals surface area contributed by atoms with Crippen LogP contribution in [-0.4, -0.2) is 13.0 Å². The van der Waals surface area contributed by atoms with E-state index in [2.05, 4.69) is 33.0 Å². The smallest absolute Gasteiger partial charge is 0.219 e. The molecule has 2 heteroatoms. The van der Waals surface area contributed by atoms with Crippen LogP contribution in [-0.2, 0) is 4.79 Å². The van der Waals surface area contributed by atoms with Gasteiger partial charge in [0.25, 0.3) is 0 Å². The zero-order chi connectivity index (χ0) is 9.78. The molecule has 0 heterocycles. The van der Waals surface area contributed by atoms with Crippen molar-refractivity contribution in [3.8, 4) is 0 Å². The summed E-state index contributed by atoms with van der Waals surface area (Å²) in [6.45, 7) is 8.81. The van der Waals surface area contributed by atoms with Gasteiger partial charge < -0.3 is 5.32 Å². The zero-order valence-electron chi connectivity index (χ0n) is 8.90. The number of hydrogen-bond donors (Lipinski definition) is 1. The summed E-state index contributed by atoms with van der Waals surface area (Å²) in [7, 11) is 1.69. The quantitative estimate of drug-likeness (QED) is 0.695. The van der Waals surface area contributed by atoms with Gasteiger partial charge in [-0.05, 0) is 17.8 Å². The lowest BCUT2D eigenvalue weighted by Crippen LogP contribution is -2.24. The Morgan fingerprint density at radius 3 is 2.33 bits per heavy atom. The van der Waals surface area contributed by atoms with E-state index in [0.717, 1.165) is 6.42 Å². The molecule has 12 heavy (non-hydrogen) atoms. The van der Waals surface area contributed by atoms with E-state index < -0.39 is 0 Å². The highest BCUT2D eigenvalue weighted by Crippen LogP contribution is 2.31. The van der Waals surface area contributed by atoms with Gasteiger partial charge in [-0.1, -0.05) is 27.7 Å². The van der Waals surface area contributed by atoms with Gasteiger partial charge in [0.2, 0.25) is 5.91 Å². The Hall–Kier alpha value is -0.530. The summed E-state index contributed by atoms with van der Waals surface area (Å²) in [6.07, 6.45) is 1.60. The van der Waals surface area contributed by atoms with Crippen molar-refractivity contribution in [2.75, 3.05) is 7.05 Å². The molecule has 0 saturated carbocycles. The summed E-state index contributed by atoms with van der Waals surface area (Å²) in [5.41, 5.74) is 0.270. The van der Waals surface area contributed by atoms with Crippen LogP contribution in [0.1, 0.15) is 42.0 Å². The topological polar surface area (TPSA) is 29.1 Å². The highest BCUT2D eigenvalue weighted by molar-refractivity contribution is 5.75. The van der Waals surface area contributed by atoms with Crippen LogP contribution in [0.25, 0.3) is 0 Å². The molecule has 0 saturated heterocycles. The third kappa shape index (κ3) is 3.74. The highest BCUT2D eigenvalue weighted by atomic mass is 16.1. The molecule has 1 N–H and O–H groups in total. The summed E-state index contributed by atoms with van der Waals surface area (Å²) in [4.78, 5) is 11.0. The Kier molecular flexibility index (Phi) is 4.29. The molecular formula is C10H23NO. The molecule has 0 atom stereocenters. The molecule has 0 radical (unpaired) electrons. The molecular weight excluding hydrogens is 150 g/mol. The molecule has 0 aromatic rings. The molecule has 0 bridgehead atoms. The number of nitrogens with one attached hydrogen (secondary N) is 1. The molecule has 0 aromatic heterocycles. The van der Waals surface area contributed by atoms with Crippen LogP contribution < -0.4 is 5.32 Å². The van der Waals surface area contributed by atoms with Crippen molar-refractivity contribution in [2.24, 2.45) is 11.3 Å². The van der Waals surface area contributed by atoms with Gasteiger partial charge in [0.05, 0.1) is 0 Å². The predicted molar refractivity (Wildman–Crippen MR) is 54.0 cm³/mol. The fourth-order valence-electron chi connectivity index (χ4n) is 0.849. The third-order valence-electron chi connectivity index (χ3n) is 2.84. The SMILES string of the molecule is CNC(=O)CCC(C)(C)C(C)C.[HH]. The van der Waals surface area contributed by atoms with E-state index in [4.69, 9.17) is 0 Å². The van der Waals surface area contributed by atoms with Crippen LogP contribution in [0.15, 0.2) is 0 Å². The lowest BCUT2D eigenvalue weighted by atomic mass is 9.77. The Labute approximate surface area is 77.2 Å². The Morgan fingerprint density at radius 2 is 2.00 bits per heavy atom. The molecule has 0 fully saturated rings. The van der Waals surface area contributed by atoms with Crippen LogP contribution in [0.5, 0.6) is 0 Å². The molecule has 0 unspecified atom stereocenters. The van der Waals surface area contributed by atoms with E-state index in [0.29, 0.717) is 12.3 Å².